The molecule has 1 spiro atoms. The largest absolute Gasteiger partial charge is 0.337 e. The van der Waals surface area contributed by atoms with Crippen LogP contribution >= 0.6 is 11.6 Å². The average molecular weight is 385 g/mol. The molecule has 2 aliphatic heterocycles. The van der Waals surface area contributed by atoms with Crippen molar-refractivity contribution in [2.24, 2.45) is 0 Å². The van der Waals surface area contributed by atoms with E-state index in [2.05, 4.69) is 9.88 Å². The molecule has 0 N–H and O–H groups in total. The molecule has 2 amide bonds. The quantitative estimate of drug-likeness (QED) is 0.797. The van der Waals surface area contributed by atoms with Gasteiger partial charge in [-0.3, -0.25) is 19.5 Å². The third-order valence-corrected chi connectivity index (χ3v) is 5.86. The Morgan fingerprint density at radius 1 is 1.19 bits per heavy atom. The van der Waals surface area contributed by atoms with Gasteiger partial charge in [-0.15, -0.1) is 0 Å². The second-order valence-corrected chi connectivity index (χ2v) is 7.69. The number of likely N-dealkylation sites (tertiary alicyclic amines) is 1. The molecule has 2 aliphatic rings. The van der Waals surface area contributed by atoms with E-state index < -0.39 is 0 Å². The van der Waals surface area contributed by atoms with Crippen molar-refractivity contribution in [3.63, 3.8) is 0 Å². The molecule has 0 saturated carbocycles. The molecule has 0 bridgehead atoms. The first-order valence-corrected chi connectivity index (χ1v) is 9.33. The topological polar surface area (TPSA) is 56.8 Å². The second kappa shape index (κ2) is 6.94. The number of carbonyl (C=O) groups excluding carboxylic acids is 2. The molecule has 0 radical (unpaired) electrons. The summed E-state index contributed by atoms with van der Waals surface area (Å²) in [4.78, 5) is 35.4. The molecule has 2 aromatic rings. The molecule has 1 aromatic carbocycles. The van der Waals surface area contributed by atoms with E-state index in [-0.39, 0.29) is 17.4 Å². The molecule has 2 fully saturated rings. The first-order valence-electron chi connectivity index (χ1n) is 8.95. The van der Waals surface area contributed by atoms with Crippen LogP contribution in [0.2, 0.25) is 5.02 Å². The van der Waals surface area contributed by atoms with Gasteiger partial charge in [0.2, 0.25) is 5.91 Å². The van der Waals surface area contributed by atoms with Crippen LogP contribution in [0.1, 0.15) is 16.8 Å². The SMILES string of the molecule is CN1CC(=O)N(c2cccnc2)CC12CCN(C(=O)c1ccc(Cl)cc1)C2. The molecule has 1 unspecified atom stereocenters. The summed E-state index contributed by atoms with van der Waals surface area (Å²) >= 11 is 5.93. The molecule has 0 aliphatic carbocycles. The summed E-state index contributed by atoms with van der Waals surface area (Å²) in [6.45, 7) is 2.15. The van der Waals surface area contributed by atoms with Crippen molar-refractivity contribution in [2.45, 2.75) is 12.0 Å². The number of rotatable bonds is 2. The minimum atomic E-state index is -0.244. The Balaban J connectivity index is 1.55. The lowest BCUT2D eigenvalue weighted by Crippen LogP contribution is -2.64. The number of aromatic nitrogens is 1. The fourth-order valence-electron chi connectivity index (χ4n) is 3.95. The first kappa shape index (κ1) is 17.9. The maximum atomic E-state index is 12.9. The van der Waals surface area contributed by atoms with E-state index in [1.165, 1.54) is 0 Å². The van der Waals surface area contributed by atoms with E-state index >= 15 is 0 Å². The molecule has 3 heterocycles. The normalized spacial score (nSPS) is 23.3. The van der Waals surface area contributed by atoms with Crippen LogP contribution in [0, 0.1) is 0 Å². The fourth-order valence-corrected chi connectivity index (χ4v) is 4.08. The van der Waals surface area contributed by atoms with Crippen LogP contribution < -0.4 is 4.90 Å². The van der Waals surface area contributed by atoms with Crippen LogP contribution in [-0.4, -0.2) is 65.4 Å². The predicted octanol–water partition coefficient (Wildman–Crippen LogP) is 2.30. The van der Waals surface area contributed by atoms with Gasteiger partial charge in [-0.1, -0.05) is 11.6 Å². The van der Waals surface area contributed by atoms with E-state index in [4.69, 9.17) is 11.6 Å². The van der Waals surface area contributed by atoms with E-state index in [0.717, 1.165) is 12.1 Å². The van der Waals surface area contributed by atoms with Crippen LogP contribution in [0.25, 0.3) is 0 Å². The van der Waals surface area contributed by atoms with Crippen molar-refractivity contribution in [2.75, 3.05) is 38.1 Å². The number of hydrogen-bond acceptors (Lipinski definition) is 4. The van der Waals surface area contributed by atoms with Gasteiger partial charge in [0.25, 0.3) is 5.91 Å². The standard InChI is InChI=1S/C20H21ClN4O2/c1-23-12-18(26)25(17-3-2-9-22-11-17)14-20(23)8-10-24(13-20)19(27)15-4-6-16(21)7-5-15/h2-7,9,11H,8,10,12-14H2,1H3. The Bertz CT molecular complexity index is 858. The van der Waals surface area contributed by atoms with Crippen LogP contribution in [-0.2, 0) is 4.79 Å². The van der Waals surface area contributed by atoms with Crippen molar-refractivity contribution in [1.82, 2.24) is 14.8 Å². The number of piperazine rings is 1. The van der Waals surface area contributed by atoms with E-state index in [9.17, 15) is 9.59 Å². The Kier molecular flexibility index (Phi) is 4.61. The number of halogens is 1. The number of anilines is 1. The van der Waals surface area contributed by atoms with E-state index in [0.29, 0.717) is 36.8 Å². The van der Waals surface area contributed by atoms with Crippen molar-refractivity contribution >= 4 is 29.1 Å². The molecule has 6 nitrogen and oxygen atoms in total. The zero-order valence-electron chi connectivity index (χ0n) is 15.1. The number of hydrogen-bond donors (Lipinski definition) is 0. The Morgan fingerprint density at radius 2 is 1.96 bits per heavy atom. The van der Waals surface area contributed by atoms with Crippen molar-refractivity contribution < 1.29 is 9.59 Å². The first-order chi connectivity index (χ1) is 13.0. The summed E-state index contributed by atoms with van der Waals surface area (Å²) in [5.41, 5.74) is 1.19. The summed E-state index contributed by atoms with van der Waals surface area (Å²) in [7, 11) is 1.97. The Morgan fingerprint density at radius 3 is 2.67 bits per heavy atom. The van der Waals surface area contributed by atoms with Gasteiger partial charge < -0.3 is 9.80 Å². The Hall–Kier alpha value is -2.44. The van der Waals surface area contributed by atoms with Crippen molar-refractivity contribution in [1.29, 1.82) is 0 Å². The van der Waals surface area contributed by atoms with Gasteiger partial charge in [-0.2, -0.15) is 0 Å². The van der Waals surface area contributed by atoms with Gasteiger partial charge >= 0.3 is 0 Å². The average Bonchev–Trinajstić information content (AvgIpc) is 3.11. The molecular formula is C20H21ClN4O2. The number of amides is 2. The molecule has 140 valence electrons. The minimum absolute atomic E-state index is 0.00164. The lowest BCUT2D eigenvalue weighted by Gasteiger charge is -2.46. The lowest BCUT2D eigenvalue weighted by molar-refractivity contribution is -0.123. The summed E-state index contributed by atoms with van der Waals surface area (Å²) in [5, 5.41) is 0.613. The summed E-state index contributed by atoms with van der Waals surface area (Å²) < 4.78 is 0. The number of likely N-dealkylation sites (N-methyl/N-ethyl adjacent to an activating group) is 1. The van der Waals surface area contributed by atoms with Crippen LogP contribution in [0.5, 0.6) is 0 Å². The zero-order valence-corrected chi connectivity index (χ0v) is 15.9. The highest BCUT2D eigenvalue weighted by Gasteiger charge is 2.48. The summed E-state index contributed by atoms with van der Waals surface area (Å²) in [5.74, 6) is 0.0559. The Labute approximate surface area is 163 Å². The molecule has 27 heavy (non-hydrogen) atoms. The number of benzene rings is 1. The van der Waals surface area contributed by atoms with Gasteiger partial charge in [0.1, 0.15) is 0 Å². The molecule has 2 saturated heterocycles. The fraction of sp³-hybridized carbons (Fsp3) is 0.350. The van der Waals surface area contributed by atoms with Crippen molar-refractivity contribution in [3.05, 3.63) is 59.4 Å². The van der Waals surface area contributed by atoms with E-state index in [1.54, 1.807) is 41.6 Å². The second-order valence-electron chi connectivity index (χ2n) is 7.26. The summed E-state index contributed by atoms with van der Waals surface area (Å²) in [6.07, 6.45) is 4.23. The van der Waals surface area contributed by atoms with Gasteiger partial charge in [-0.05, 0) is 49.9 Å². The monoisotopic (exact) mass is 384 g/mol. The molecular weight excluding hydrogens is 364 g/mol. The highest BCUT2D eigenvalue weighted by atomic mass is 35.5. The van der Waals surface area contributed by atoms with Crippen molar-refractivity contribution in [3.8, 4) is 0 Å². The van der Waals surface area contributed by atoms with Gasteiger partial charge in [0, 0.05) is 36.4 Å². The van der Waals surface area contributed by atoms with Crippen LogP contribution in [0.3, 0.4) is 0 Å². The molecule has 7 heteroatoms. The maximum Gasteiger partial charge on any atom is 0.253 e. The van der Waals surface area contributed by atoms with Gasteiger partial charge in [-0.25, -0.2) is 0 Å². The summed E-state index contributed by atoms with van der Waals surface area (Å²) in [6, 6.07) is 10.7. The molecule has 1 aromatic heterocycles. The predicted molar refractivity (Wildman–Crippen MR) is 104 cm³/mol. The highest BCUT2D eigenvalue weighted by Crippen LogP contribution is 2.33. The zero-order chi connectivity index (χ0) is 19.0. The van der Waals surface area contributed by atoms with Gasteiger partial charge in [0.15, 0.2) is 0 Å². The van der Waals surface area contributed by atoms with Crippen LogP contribution in [0.4, 0.5) is 5.69 Å². The number of carbonyl (C=O) groups is 2. The highest BCUT2D eigenvalue weighted by molar-refractivity contribution is 6.30. The third-order valence-electron chi connectivity index (χ3n) is 5.60. The van der Waals surface area contributed by atoms with E-state index in [1.807, 2.05) is 24.1 Å². The van der Waals surface area contributed by atoms with Gasteiger partial charge in [0.05, 0.1) is 24.0 Å². The number of nitrogens with zero attached hydrogens (tertiary/aromatic N) is 4. The van der Waals surface area contributed by atoms with Crippen LogP contribution in [0.15, 0.2) is 48.8 Å². The lowest BCUT2D eigenvalue weighted by atomic mass is 9.92. The third kappa shape index (κ3) is 3.31. The minimum Gasteiger partial charge on any atom is -0.337 e. The smallest absolute Gasteiger partial charge is 0.253 e. The molecule has 4 rings (SSSR count). The number of pyridine rings is 1. The molecule has 1 atom stereocenters. The maximum absolute atomic E-state index is 12.9.